The van der Waals surface area contributed by atoms with E-state index in [0.29, 0.717) is 30.6 Å². The zero-order chi connectivity index (χ0) is 34.9. The molecule has 0 aromatic heterocycles. The van der Waals surface area contributed by atoms with Crippen molar-refractivity contribution < 1.29 is 19.1 Å². The Morgan fingerprint density at radius 3 is 1.84 bits per heavy atom. The first kappa shape index (κ1) is 40.9. The highest BCUT2D eigenvalue weighted by atomic mass is 32.2. The standard InChI is InChI=1S/C37H70N2O4S/c1-24(2)25(3)21-35(13,14)43-36(15,16)23-33(9,10)38-30(41)26(4)20-34(11,12)39-29(40)19-28(31(39)42)44-37(17,18)22-27(5)32(6,7)8/h24-28H,19-23H2,1-18H3,(H,38,41). The van der Waals surface area contributed by atoms with Crippen LogP contribution in [0.5, 0.6) is 0 Å². The molecule has 1 aliphatic heterocycles. The van der Waals surface area contributed by atoms with E-state index in [-0.39, 0.29) is 51.1 Å². The molecule has 6 nitrogen and oxygen atoms in total. The lowest BCUT2D eigenvalue weighted by Crippen LogP contribution is -2.53. The molecule has 0 saturated carbocycles. The Labute approximate surface area is 276 Å². The largest absolute Gasteiger partial charge is 0.370 e. The number of nitrogens with zero attached hydrogens (tertiary/aromatic N) is 1. The van der Waals surface area contributed by atoms with Gasteiger partial charge in [-0.2, -0.15) is 0 Å². The summed E-state index contributed by atoms with van der Waals surface area (Å²) in [5.41, 5.74) is -1.82. The number of likely N-dealkylation sites (tertiary alicyclic amines) is 1. The Kier molecular flexibility index (Phi) is 13.4. The first-order valence-corrected chi connectivity index (χ1v) is 17.9. The van der Waals surface area contributed by atoms with Crippen LogP contribution in [-0.4, -0.2) is 54.9 Å². The quantitative estimate of drug-likeness (QED) is 0.171. The van der Waals surface area contributed by atoms with Crippen LogP contribution in [0.3, 0.4) is 0 Å². The van der Waals surface area contributed by atoms with E-state index >= 15 is 0 Å². The highest BCUT2D eigenvalue weighted by Crippen LogP contribution is 2.44. The smallest absolute Gasteiger partial charge is 0.243 e. The normalized spacial score (nSPS) is 19.9. The molecule has 1 N–H and O–H groups in total. The average Bonchev–Trinajstić information content (AvgIpc) is 3.02. The second-order valence-corrected chi connectivity index (χ2v) is 20.5. The maximum absolute atomic E-state index is 13.6. The molecule has 0 spiro atoms. The van der Waals surface area contributed by atoms with E-state index < -0.39 is 16.7 Å². The van der Waals surface area contributed by atoms with Gasteiger partial charge in [0.15, 0.2) is 0 Å². The van der Waals surface area contributed by atoms with Gasteiger partial charge in [-0.15, -0.1) is 11.8 Å². The number of hydrogen-bond donors (Lipinski definition) is 1. The number of ether oxygens (including phenoxy) is 1. The number of carbonyl (C=O) groups excluding carboxylic acids is 3. The van der Waals surface area contributed by atoms with Gasteiger partial charge in [-0.3, -0.25) is 19.3 Å². The molecule has 0 aromatic carbocycles. The van der Waals surface area contributed by atoms with Crippen LogP contribution >= 0.6 is 11.8 Å². The number of imide groups is 1. The van der Waals surface area contributed by atoms with E-state index in [1.165, 1.54) is 4.90 Å². The van der Waals surface area contributed by atoms with Gasteiger partial charge >= 0.3 is 0 Å². The van der Waals surface area contributed by atoms with E-state index in [0.717, 1.165) is 12.8 Å². The van der Waals surface area contributed by atoms with Gasteiger partial charge in [0.05, 0.1) is 16.5 Å². The van der Waals surface area contributed by atoms with Crippen molar-refractivity contribution in [3.05, 3.63) is 0 Å². The number of nitrogens with one attached hydrogen (secondary N) is 1. The number of amides is 3. The van der Waals surface area contributed by atoms with Crippen LogP contribution < -0.4 is 5.32 Å². The summed E-state index contributed by atoms with van der Waals surface area (Å²) >= 11 is 1.63. The van der Waals surface area contributed by atoms with Crippen LogP contribution in [0.2, 0.25) is 0 Å². The minimum absolute atomic E-state index is 0.0751. The minimum atomic E-state index is -0.771. The van der Waals surface area contributed by atoms with Crippen molar-refractivity contribution in [1.82, 2.24) is 10.2 Å². The average molecular weight is 639 g/mol. The summed E-state index contributed by atoms with van der Waals surface area (Å²) in [6.45, 7) is 38.4. The van der Waals surface area contributed by atoms with Gasteiger partial charge in [0.2, 0.25) is 17.7 Å². The molecule has 4 atom stereocenters. The monoisotopic (exact) mass is 639 g/mol. The van der Waals surface area contributed by atoms with Gasteiger partial charge in [-0.1, -0.05) is 69.2 Å². The lowest BCUT2D eigenvalue weighted by molar-refractivity contribution is -0.148. The topological polar surface area (TPSA) is 75.7 Å². The molecule has 0 bridgehead atoms. The third kappa shape index (κ3) is 12.6. The number of rotatable bonds is 16. The van der Waals surface area contributed by atoms with Crippen molar-refractivity contribution in [2.24, 2.45) is 29.1 Å². The second-order valence-electron chi connectivity index (χ2n) is 18.6. The van der Waals surface area contributed by atoms with Crippen molar-refractivity contribution in [2.45, 2.75) is 189 Å². The second kappa shape index (κ2) is 14.4. The maximum Gasteiger partial charge on any atom is 0.243 e. The van der Waals surface area contributed by atoms with Gasteiger partial charge in [-0.25, -0.2) is 0 Å². The molecular formula is C37H70N2O4S. The SMILES string of the molecule is CC(CC(C)(C)N1C(=O)CC(SC(C)(C)CC(C)C(C)(C)C)C1=O)C(=O)NC(C)(C)CC(C)(C)OC(C)(C)CC(C)C(C)C. The number of carbonyl (C=O) groups is 3. The van der Waals surface area contributed by atoms with Crippen LogP contribution in [0.1, 0.15) is 157 Å². The summed E-state index contributed by atoms with van der Waals surface area (Å²) in [7, 11) is 0. The minimum Gasteiger partial charge on any atom is -0.370 e. The van der Waals surface area contributed by atoms with E-state index in [1.807, 2.05) is 34.6 Å². The van der Waals surface area contributed by atoms with Gasteiger partial charge in [0, 0.05) is 28.2 Å². The van der Waals surface area contributed by atoms with Crippen molar-refractivity contribution in [2.75, 3.05) is 0 Å². The van der Waals surface area contributed by atoms with Crippen molar-refractivity contribution >= 4 is 29.5 Å². The number of thioether (sulfide) groups is 1. The molecule has 0 aliphatic carbocycles. The fourth-order valence-corrected chi connectivity index (χ4v) is 8.69. The zero-order valence-corrected chi connectivity index (χ0v) is 32.7. The Morgan fingerprint density at radius 1 is 0.841 bits per heavy atom. The fourth-order valence-electron chi connectivity index (χ4n) is 7.14. The van der Waals surface area contributed by atoms with Gasteiger partial charge in [0.25, 0.3) is 0 Å². The summed E-state index contributed by atoms with van der Waals surface area (Å²) < 4.78 is 6.51. The van der Waals surface area contributed by atoms with Crippen LogP contribution in [0.15, 0.2) is 0 Å². The predicted molar refractivity (Wildman–Crippen MR) is 188 cm³/mol. The first-order valence-electron chi connectivity index (χ1n) is 17.0. The van der Waals surface area contributed by atoms with E-state index in [4.69, 9.17) is 4.74 Å². The molecule has 7 heteroatoms. The Hall–Kier alpha value is -1.08. The highest BCUT2D eigenvalue weighted by Gasteiger charge is 2.49. The molecule has 0 aromatic rings. The van der Waals surface area contributed by atoms with E-state index in [9.17, 15) is 14.4 Å². The van der Waals surface area contributed by atoms with Gasteiger partial charge < -0.3 is 10.1 Å². The molecule has 4 unspecified atom stereocenters. The van der Waals surface area contributed by atoms with E-state index in [2.05, 4.69) is 95.3 Å². The predicted octanol–water partition coefficient (Wildman–Crippen LogP) is 9.04. The summed E-state index contributed by atoms with van der Waals surface area (Å²) in [5.74, 6) is 0.894. The molecule has 1 heterocycles. The molecule has 1 fully saturated rings. The lowest BCUT2D eigenvalue weighted by atomic mass is 9.77. The van der Waals surface area contributed by atoms with Crippen LogP contribution in [0.4, 0.5) is 0 Å². The third-order valence-corrected chi connectivity index (χ3v) is 11.0. The van der Waals surface area contributed by atoms with Crippen molar-refractivity contribution in [3.8, 4) is 0 Å². The van der Waals surface area contributed by atoms with Crippen LogP contribution in [-0.2, 0) is 19.1 Å². The zero-order valence-electron chi connectivity index (χ0n) is 31.9. The summed E-state index contributed by atoms with van der Waals surface area (Å²) in [6, 6.07) is 0. The Morgan fingerprint density at radius 2 is 1.36 bits per heavy atom. The molecule has 44 heavy (non-hydrogen) atoms. The molecule has 0 radical (unpaired) electrons. The van der Waals surface area contributed by atoms with Crippen molar-refractivity contribution in [1.29, 1.82) is 0 Å². The van der Waals surface area contributed by atoms with E-state index in [1.54, 1.807) is 11.8 Å². The first-order chi connectivity index (χ1) is 19.4. The van der Waals surface area contributed by atoms with Gasteiger partial charge in [0.1, 0.15) is 0 Å². The Balaban J connectivity index is 2.89. The highest BCUT2D eigenvalue weighted by molar-refractivity contribution is 8.02. The molecule has 1 aliphatic rings. The summed E-state index contributed by atoms with van der Waals surface area (Å²) in [5, 5.41) is 2.86. The van der Waals surface area contributed by atoms with Crippen LogP contribution in [0.25, 0.3) is 0 Å². The maximum atomic E-state index is 13.6. The van der Waals surface area contributed by atoms with Crippen LogP contribution in [0, 0.1) is 29.1 Å². The molecular weight excluding hydrogens is 568 g/mol. The lowest BCUT2D eigenvalue weighted by Gasteiger charge is -2.42. The fraction of sp³-hybridized carbons (Fsp3) is 0.919. The van der Waals surface area contributed by atoms with Crippen molar-refractivity contribution in [3.63, 3.8) is 0 Å². The number of hydrogen-bond acceptors (Lipinski definition) is 5. The molecule has 1 saturated heterocycles. The summed E-state index contributed by atoms with van der Waals surface area (Å²) in [6.07, 6.45) is 3.19. The molecule has 1 rings (SSSR count). The molecule has 3 amide bonds. The third-order valence-electron chi connectivity index (χ3n) is 9.53. The Bertz CT molecular complexity index is 1010. The summed E-state index contributed by atoms with van der Waals surface area (Å²) in [4.78, 5) is 41.8. The van der Waals surface area contributed by atoms with Gasteiger partial charge in [-0.05, 0) is 104 Å². The molecule has 258 valence electrons.